The Kier molecular flexibility index (Phi) is 3.24. The number of primary amides is 1. The van der Waals surface area contributed by atoms with Gasteiger partial charge in [-0.15, -0.1) is 0 Å². The molecule has 14 heavy (non-hydrogen) atoms. The zero-order valence-electron chi connectivity index (χ0n) is 7.95. The average Bonchev–Trinajstić information content (AvgIpc) is 2.15. The maximum absolute atomic E-state index is 10.5. The zero-order valence-corrected chi connectivity index (χ0v) is 7.95. The molecule has 0 spiro atoms. The molecule has 0 saturated carbocycles. The molecule has 3 heteroatoms. The van der Waals surface area contributed by atoms with Crippen molar-refractivity contribution in [1.29, 1.82) is 5.26 Å². The first-order valence-corrected chi connectivity index (χ1v) is 4.25. The van der Waals surface area contributed by atoms with Gasteiger partial charge in [0.05, 0.1) is 11.6 Å². The third-order valence-corrected chi connectivity index (χ3v) is 1.91. The number of nitrogens with two attached hydrogens (primary N) is 1. The Morgan fingerprint density at radius 3 is 2.86 bits per heavy atom. The van der Waals surface area contributed by atoms with Crippen LogP contribution in [0.5, 0.6) is 0 Å². The fraction of sp³-hybridized carbons (Fsp3) is 0.182. The van der Waals surface area contributed by atoms with E-state index in [4.69, 9.17) is 11.0 Å². The maximum Gasteiger partial charge on any atom is 0.218 e. The van der Waals surface area contributed by atoms with E-state index in [1.54, 1.807) is 18.6 Å². The number of carbonyl (C=O) groups is 1. The van der Waals surface area contributed by atoms with Gasteiger partial charge < -0.3 is 5.73 Å². The number of nitrogens with zero attached hydrogens (tertiary/aromatic N) is 1. The molecule has 3 nitrogen and oxygen atoms in total. The van der Waals surface area contributed by atoms with Crippen LogP contribution in [-0.4, -0.2) is 5.91 Å². The minimum Gasteiger partial charge on any atom is -0.370 e. The fourth-order valence-corrected chi connectivity index (χ4v) is 1.16. The Morgan fingerprint density at radius 2 is 2.36 bits per heavy atom. The predicted octanol–water partition coefficient (Wildman–Crippen LogP) is 1.29. The molecular weight excluding hydrogens is 176 g/mol. The van der Waals surface area contributed by atoms with Crippen molar-refractivity contribution < 1.29 is 4.79 Å². The van der Waals surface area contributed by atoms with Crippen LogP contribution in [0.3, 0.4) is 0 Å². The highest BCUT2D eigenvalue weighted by Crippen LogP contribution is 2.12. The van der Waals surface area contributed by atoms with Crippen molar-refractivity contribution in [2.24, 2.45) is 5.73 Å². The second kappa shape index (κ2) is 4.43. The normalized spacial score (nSPS) is 9.43. The number of benzene rings is 1. The lowest BCUT2D eigenvalue weighted by Gasteiger charge is -2.01. The zero-order chi connectivity index (χ0) is 10.6. The molecular formula is C11H11N2O. The molecule has 0 aliphatic carbocycles. The summed E-state index contributed by atoms with van der Waals surface area (Å²) in [6, 6.07) is 7.48. The SMILES string of the molecule is Cc1cc([CH]CC(N)=O)ccc1C#N. The lowest BCUT2D eigenvalue weighted by molar-refractivity contribution is -0.117. The Balaban J connectivity index is 2.77. The molecule has 1 radical (unpaired) electrons. The first kappa shape index (κ1) is 10.3. The van der Waals surface area contributed by atoms with Crippen molar-refractivity contribution in [2.75, 3.05) is 0 Å². The number of aryl methyl sites for hydroxylation is 1. The summed E-state index contributed by atoms with van der Waals surface area (Å²) in [6.07, 6.45) is 1.97. The second-order valence-electron chi connectivity index (χ2n) is 3.06. The highest BCUT2D eigenvalue weighted by atomic mass is 16.1. The lowest BCUT2D eigenvalue weighted by Crippen LogP contribution is -2.10. The maximum atomic E-state index is 10.5. The van der Waals surface area contributed by atoms with E-state index in [9.17, 15) is 4.79 Å². The molecule has 0 heterocycles. The average molecular weight is 187 g/mol. The Bertz CT molecular complexity index is 391. The summed E-state index contributed by atoms with van der Waals surface area (Å²) in [4.78, 5) is 10.5. The van der Waals surface area contributed by atoms with E-state index in [2.05, 4.69) is 6.07 Å². The van der Waals surface area contributed by atoms with E-state index < -0.39 is 0 Å². The van der Waals surface area contributed by atoms with Crippen LogP contribution in [0.25, 0.3) is 0 Å². The van der Waals surface area contributed by atoms with Gasteiger partial charge in [0.15, 0.2) is 0 Å². The van der Waals surface area contributed by atoms with E-state index in [0.717, 1.165) is 11.1 Å². The number of hydrogen-bond donors (Lipinski definition) is 1. The molecule has 2 N–H and O–H groups in total. The van der Waals surface area contributed by atoms with Crippen LogP contribution >= 0.6 is 0 Å². The molecule has 1 rings (SSSR count). The molecule has 0 atom stereocenters. The van der Waals surface area contributed by atoms with E-state index in [-0.39, 0.29) is 12.3 Å². The molecule has 0 fully saturated rings. The van der Waals surface area contributed by atoms with E-state index in [0.29, 0.717) is 5.56 Å². The number of amides is 1. The third-order valence-electron chi connectivity index (χ3n) is 1.91. The Morgan fingerprint density at radius 1 is 1.64 bits per heavy atom. The summed E-state index contributed by atoms with van der Waals surface area (Å²) in [7, 11) is 0. The molecule has 0 unspecified atom stereocenters. The molecule has 0 aliphatic heterocycles. The van der Waals surface area contributed by atoms with Crippen molar-refractivity contribution in [2.45, 2.75) is 13.3 Å². The second-order valence-corrected chi connectivity index (χ2v) is 3.06. The number of carbonyl (C=O) groups excluding carboxylic acids is 1. The molecule has 0 aromatic heterocycles. The summed E-state index contributed by atoms with van der Waals surface area (Å²) >= 11 is 0. The van der Waals surface area contributed by atoms with Crippen LogP contribution in [0, 0.1) is 24.7 Å². The topological polar surface area (TPSA) is 66.9 Å². The minimum atomic E-state index is -0.355. The molecule has 71 valence electrons. The minimum absolute atomic E-state index is 0.228. The number of hydrogen-bond acceptors (Lipinski definition) is 2. The third kappa shape index (κ3) is 2.60. The van der Waals surface area contributed by atoms with Gasteiger partial charge in [-0.05, 0) is 30.5 Å². The fourth-order valence-electron chi connectivity index (χ4n) is 1.16. The summed E-state index contributed by atoms with van der Waals surface area (Å²) in [5.41, 5.74) is 7.49. The smallest absolute Gasteiger partial charge is 0.218 e. The van der Waals surface area contributed by atoms with Crippen molar-refractivity contribution >= 4 is 5.91 Å². The van der Waals surface area contributed by atoms with Gasteiger partial charge in [0.2, 0.25) is 5.91 Å². The summed E-state index contributed by atoms with van der Waals surface area (Å²) in [5, 5.41) is 8.69. The van der Waals surface area contributed by atoms with Gasteiger partial charge in [-0.25, -0.2) is 0 Å². The summed E-state index contributed by atoms with van der Waals surface area (Å²) < 4.78 is 0. The first-order chi connectivity index (χ1) is 6.63. The standard InChI is InChI=1S/C11H11N2O/c1-8-6-9(3-5-11(13)14)2-4-10(8)7-12/h2-4,6H,5H2,1H3,(H2,13,14). The highest BCUT2D eigenvalue weighted by Gasteiger charge is 2.01. The predicted molar refractivity (Wildman–Crippen MR) is 53.1 cm³/mol. The van der Waals surface area contributed by atoms with Gasteiger partial charge in [-0.2, -0.15) is 5.26 Å². The summed E-state index contributed by atoms with van der Waals surface area (Å²) in [6.45, 7) is 1.86. The van der Waals surface area contributed by atoms with Crippen LogP contribution < -0.4 is 5.73 Å². The number of rotatable bonds is 3. The molecule has 0 aliphatic rings. The van der Waals surface area contributed by atoms with Crippen molar-refractivity contribution in [1.82, 2.24) is 0 Å². The largest absolute Gasteiger partial charge is 0.370 e. The van der Waals surface area contributed by atoms with Crippen molar-refractivity contribution in [3.05, 3.63) is 41.3 Å². The summed E-state index contributed by atoms with van der Waals surface area (Å²) in [5.74, 6) is -0.355. The number of nitriles is 1. The highest BCUT2D eigenvalue weighted by molar-refractivity contribution is 5.75. The molecule has 1 aromatic carbocycles. The van der Waals surface area contributed by atoms with Crippen molar-refractivity contribution in [3.8, 4) is 6.07 Å². The van der Waals surface area contributed by atoms with Crippen molar-refractivity contribution in [3.63, 3.8) is 0 Å². The van der Waals surface area contributed by atoms with Gasteiger partial charge in [0.1, 0.15) is 0 Å². The Hall–Kier alpha value is -1.82. The van der Waals surface area contributed by atoms with Crippen LogP contribution in [0.2, 0.25) is 0 Å². The van der Waals surface area contributed by atoms with E-state index in [1.807, 2.05) is 13.0 Å². The van der Waals surface area contributed by atoms with Crippen LogP contribution in [-0.2, 0) is 4.79 Å². The van der Waals surface area contributed by atoms with E-state index >= 15 is 0 Å². The molecule has 0 saturated heterocycles. The first-order valence-electron chi connectivity index (χ1n) is 4.25. The quantitative estimate of drug-likeness (QED) is 0.774. The molecule has 1 aromatic rings. The molecule has 1 amide bonds. The van der Waals surface area contributed by atoms with Gasteiger partial charge >= 0.3 is 0 Å². The Labute approximate surface area is 83.2 Å². The monoisotopic (exact) mass is 187 g/mol. The van der Waals surface area contributed by atoms with Gasteiger partial charge in [0.25, 0.3) is 0 Å². The van der Waals surface area contributed by atoms with Gasteiger partial charge in [-0.3, -0.25) is 4.79 Å². The molecule has 0 bridgehead atoms. The van der Waals surface area contributed by atoms with Gasteiger partial charge in [-0.1, -0.05) is 12.1 Å². The van der Waals surface area contributed by atoms with Crippen LogP contribution in [0.15, 0.2) is 18.2 Å². The van der Waals surface area contributed by atoms with Gasteiger partial charge in [0, 0.05) is 6.42 Å². The lowest BCUT2D eigenvalue weighted by atomic mass is 10.0. The van der Waals surface area contributed by atoms with Crippen LogP contribution in [0.1, 0.15) is 23.1 Å². The van der Waals surface area contributed by atoms with E-state index in [1.165, 1.54) is 0 Å². The van der Waals surface area contributed by atoms with Crippen LogP contribution in [0.4, 0.5) is 0 Å².